The Morgan fingerprint density at radius 2 is 1.92 bits per heavy atom. The number of carbonyl (C=O) groups excluding carboxylic acids is 1. The maximum atomic E-state index is 12.2. The number of halogens is 1. The topological polar surface area (TPSA) is 65.7 Å². The van der Waals surface area contributed by atoms with Crippen molar-refractivity contribution in [1.82, 2.24) is 0 Å². The lowest BCUT2D eigenvalue weighted by Gasteiger charge is -2.18. The molecule has 1 heterocycles. The van der Waals surface area contributed by atoms with Crippen LogP contribution in [0.5, 0.6) is 5.75 Å². The zero-order chi connectivity index (χ0) is 18.7. The first-order valence-corrected chi connectivity index (χ1v) is 8.47. The molecular weight excluding hydrogens is 356 g/mol. The Balaban J connectivity index is 2.07. The molecule has 3 rings (SSSR count). The fraction of sp³-hybridized carbons (Fsp3) is 0.200. The van der Waals surface area contributed by atoms with Crippen LogP contribution in [0.3, 0.4) is 0 Å². The number of benzene rings is 2. The van der Waals surface area contributed by atoms with E-state index in [-0.39, 0.29) is 5.75 Å². The molecule has 0 spiro atoms. The highest BCUT2D eigenvalue weighted by Gasteiger charge is 2.25. The van der Waals surface area contributed by atoms with Crippen LogP contribution in [0.2, 0.25) is 5.02 Å². The van der Waals surface area contributed by atoms with Gasteiger partial charge in [-0.1, -0.05) is 48.9 Å². The summed E-state index contributed by atoms with van der Waals surface area (Å²) in [6.07, 6.45) is -0.329. The molecule has 134 valence electrons. The second kappa shape index (κ2) is 7.62. The van der Waals surface area contributed by atoms with E-state index in [1.165, 1.54) is 19.2 Å². The molecule has 0 aliphatic rings. The number of fused-ring (bicyclic) bond motifs is 1. The third-order valence-electron chi connectivity index (χ3n) is 4.03. The highest BCUT2D eigenvalue weighted by molar-refractivity contribution is 6.32. The van der Waals surface area contributed by atoms with Crippen molar-refractivity contribution >= 4 is 28.5 Å². The standard InChI is InChI=1S/C20H17ClO5/c1-3-12-9-18(22)25-16-11-17(15(21)10-14(12)16)26-19(20(23)24-2)13-7-5-4-6-8-13/h4-11,19H,3H2,1-2H3. The lowest BCUT2D eigenvalue weighted by atomic mass is 10.1. The van der Waals surface area contributed by atoms with E-state index in [2.05, 4.69) is 0 Å². The molecule has 0 aliphatic heterocycles. The first-order chi connectivity index (χ1) is 12.5. The SMILES string of the molecule is CCc1cc(=O)oc2cc(OC(C(=O)OC)c3ccccc3)c(Cl)cc12. The molecular formula is C20H17ClO5. The van der Waals surface area contributed by atoms with E-state index in [1.54, 1.807) is 30.3 Å². The van der Waals surface area contributed by atoms with Gasteiger partial charge in [0, 0.05) is 23.1 Å². The van der Waals surface area contributed by atoms with Gasteiger partial charge in [-0.15, -0.1) is 0 Å². The van der Waals surface area contributed by atoms with Crippen LogP contribution >= 0.6 is 11.6 Å². The Labute approximate surface area is 155 Å². The molecule has 6 heteroatoms. The summed E-state index contributed by atoms with van der Waals surface area (Å²) in [6, 6.07) is 13.6. The molecule has 5 nitrogen and oxygen atoms in total. The van der Waals surface area contributed by atoms with E-state index in [0.29, 0.717) is 22.6 Å². The van der Waals surface area contributed by atoms with Crippen molar-refractivity contribution in [3.05, 3.63) is 75.1 Å². The summed E-state index contributed by atoms with van der Waals surface area (Å²) in [5.41, 5.74) is 1.36. The molecule has 26 heavy (non-hydrogen) atoms. The minimum absolute atomic E-state index is 0.231. The van der Waals surface area contributed by atoms with E-state index in [4.69, 9.17) is 25.5 Å². The molecule has 0 amide bonds. The Hall–Kier alpha value is -2.79. The number of carbonyl (C=O) groups is 1. The molecule has 0 N–H and O–H groups in total. The number of methoxy groups -OCH3 is 1. The van der Waals surface area contributed by atoms with Crippen LogP contribution in [0.1, 0.15) is 24.2 Å². The number of aryl methyl sites for hydroxylation is 1. The molecule has 0 saturated carbocycles. The molecule has 2 aromatic carbocycles. The number of esters is 1. The van der Waals surface area contributed by atoms with Gasteiger partial charge in [-0.2, -0.15) is 0 Å². The van der Waals surface area contributed by atoms with E-state index in [9.17, 15) is 9.59 Å². The third-order valence-corrected chi connectivity index (χ3v) is 4.32. The Morgan fingerprint density at radius 3 is 2.58 bits per heavy atom. The van der Waals surface area contributed by atoms with Crippen molar-refractivity contribution in [2.75, 3.05) is 7.11 Å². The first-order valence-electron chi connectivity index (χ1n) is 8.09. The van der Waals surface area contributed by atoms with Crippen molar-refractivity contribution in [2.45, 2.75) is 19.4 Å². The first kappa shape index (κ1) is 18.0. The average Bonchev–Trinajstić information content (AvgIpc) is 2.66. The van der Waals surface area contributed by atoms with Crippen LogP contribution in [0.4, 0.5) is 0 Å². The lowest BCUT2D eigenvalue weighted by Crippen LogP contribution is -2.20. The zero-order valence-electron chi connectivity index (χ0n) is 14.3. The van der Waals surface area contributed by atoms with Gasteiger partial charge >= 0.3 is 11.6 Å². The van der Waals surface area contributed by atoms with Crippen LogP contribution in [0.25, 0.3) is 11.0 Å². The largest absolute Gasteiger partial charge is 0.472 e. The minimum Gasteiger partial charge on any atom is -0.472 e. The summed E-state index contributed by atoms with van der Waals surface area (Å²) in [5.74, 6) is -0.328. The van der Waals surface area contributed by atoms with Gasteiger partial charge in [0.1, 0.15) is 11.3 Å². The van der Waals surface area contributed by atoms with E-state index < -0.39 is 17.7 Å². The van der Waals surface area contributed by atoms with Gasteiger partial charge in [-0.3, -0.25) is 0 Å². The average molecular weight is 373 g/mol. The van der Waals surface area contributed by atoms with Gasteiger partial charge in [0.25, 0.3) is 0 Å². The summed E-state index contributed by atoms with van der Waals surface area (Å²) in [7, 11) is 1.29. The third kappa shape index (κ3) is 3.58. The second-order valence-electron chi connectivity index (χ2n) is 5.65. The summed E-state index contributed by atoms with van der Waals surface area (Å²) in [5, 5.41) is 1.05. The molecule has 1 atom stereocenters. The Morgan fingerprint density at radius 1 is 1.19 bits per heavy atom. The summed E-state index contributed by atoms with van der Waals surface area (Å²) in [6.45, 7) is 1.94. The highest BCUT2D eigenvalue weighted by atomic mass is 35.5. The molecule has 1 aromatic heterocycles. The van der Waals surface area contributed by atoms with Crippen LogP contribution in [-0.2, 0) is 16.0 Å². The van der Waals surface area contributed by atoms with Gasteiger partial charge in [0.15, 0.2) is 0 Å². The number of hydrogen-bond donors (Lipinski definition) is 0. The van der Waals surface area contributed by atoms with Gasteiger partial charge < -0.3 is 13.9 Å². The minimum atomic E-state index is -0.989. The van der Waals surface area contributed by atoms with Crippen molar-refractivity contribution in [3.8, 4) is 5.75 Å². The summed E-state index contributed by atoms with van der Waals surface area (Å²) in [4.78, 5) is 23.9. The molecule has 0 aliphatic carbocycles. The van der Waals surface area contributed by atoms with Gasteiger partial charge in [-0.05, 0) is 18.1 Å². The van der Waals surface area contributed by atoms with Gasteiger partial charge in [0.05, 0.1) is 12.1 Å². The molecule has 3 aromatic rings. The molecule has 1 unspecified atom stereocenters. The van der Waals surface area contributed by atoms with Crippen LogP contribution < -0.4 is 10.4 Å². The molecule has 0 bridgehead atoms. The van der Waals surface area contributed by atoms with Crippen LogP contribution in [-0.4, -0.2) is 13.1 Å². The van der Waals surface area contributed by atoms with E-state index in [1.807, 2.05) is 13.0 Å². The second-order valence-corrected chi connectivity index (χ2v) is 6.06. The van der Waals surface area contributed by atoms with Crippen molar-refractivity contribution in [3.63, 3.8) is 0 Å². The monoisotopic (exact) mass is 372 g/mol. The molecule has 0 saturated heterocycles. The van der Waals surface area contributed by atoms with Crippen molar-refractivity contribution in [2.24, 2.45) is 0 Å². The van der Waals surface area contributed by atoms with Gasteiger partial charge in [0.2, 0.25) is 6.10 Å². The quantitative estimate of drug-likeness (QED) is 0.493. The maximum Gasteiger partial charge on any atom is 0.351 e. The Kier molecular flexibility index (Phi) is 5.28. The number of ether oxygens (including phenoxy) is 2. The normalized spacial score (nSPS) is 12.0. The van der Waals surface area contributed by atoms with Crippen molar-refractivity contribution in [1.29, 1.82) is 0 Å². The van der Waals surface area contributed by atoms with E-state index >= 15 is 0 Å². The van der Waals surface area contributed by atoms with E-state index in [0.717, 1.165) is 10.9 Å². The number of hydrogen-bond acceptors (Lipinski definition) is 5. The number of rotatable bonds is 5. The Bertz CT molecular complexity index is 994. The fourth-order valence-corrected chi connectivity index (χ4v) is 2.93. The highest BCUT2D eigenvalue weighted by Crippen LogP contribution is 2.34. The van der Waals surface area contributed by atoms with Crippen molar-refractivity contribution < 1.29 is 18.7 Å². The van der Waals surface area contributed by atoms with Gasteiger partial charge in [-0.25, -0.2) is 9.59 Å². The summed E-state index contributed by atoms with van der Waals surface area (Å²) >= 11 is 6.35. The van der Waals surface area contributed by atoms with Crippen LogP contribution in [0.15, 0.2) is 57.7 Å². The smallest absolute Gasteiger partial charge is 0.351 e. The molecule has 0 radical (unpaired) electrons. The van der Waals surface area contributed by atoms with Crippen LogP contribution in [0, 0.1) is 0 Å². The fourth-order valence-electron chi connectivity index (χ4n) is 2.72. The zero-order valence-corrected chi connectivity index (χ0v) is 15.1. The predicted molar refractivity (Wildman–Crippen MR) is 98.7 cm³/mol. The lowest BCUT2D eigenvalue weighted by molar-refractivity contribution is -0.149. The predicted octanol–water partition coefficient (Wildman–Crippen LogP) is 4.30. The molecule has 0 fully saturated rings. The maximum absolute atomic E-state index is 12.2. The summed E-state index contributed by atoms with van der Waals surface area (Å²) < 4.78 is 15.9.